The summed E-state index contributed by atoms with van der Waals surface area (Å²) in [5, 5.41) is 24.0. The number of piperidine rings is 1. The maximum atomic E-state index is 14.7. The molecule has 0 amide bonds. The number of likely N-dealkylation sites (tertiary alicyclic amines) is 1. The van der Waals surface area contributed by atoms with Gasteiger partial charge in [0.25, 0.3) is 10.0 Å². The molecule has 15 heteroatoms. The molecule has 11 nitrogen and oxygen atoms in total. The lowest BCUT2D eigenvalue weighted by atomic mass is 9.96. The maximum Gasteiger partial charge on any atom is 0.338 e. The van der Waals surface area contributed by atoms with E-state index in [1.54, 1.807) is 60.6 Å². The Balaban J connectivity index is 0.898. The summed E-state index contributed by atoms with van der Waals surface area (Å²) in [6.45, 7) is 9.22. The number of carboxylic acid groups (broad SMARTS) is 1. The molecule has 6 aromatic rings. The Morgan fingerprint density at radius 3 is 2.20 bits per heavy atom. The highest BCUT2D eigenvalue weighted by Gasteiger charge is 2.28. The zero-order valence-electron chi connectivity index (χ0n) is 37.4. The third kappa shape index (κ3) is 10.8. The van der Waals surface area contributed by atoms with Gasteiger partial charge in [-0.25, -0.2) is 17.6 Å². The van der Waals surface area contributed by atoms with Crippen molar-refractivity contribution in [2.24, 2.45) is 7.05 Å². The van der Waals surface area contributed by atoms with Crippen LogP contribution in [0.15, 0.2) is 125 Å². The second-order valence-electron chi connectivity index (χ2n) is 17.2. The summed E-state index contributed by atoms with van der Waals surface area (Å²) < 4.78 is 46.6. The zero-order chi connectivity index (χ0) is 46.5. The largest absolute Gasteiger partial charge is 0.478 e. The minimum absolute atomic E-state index is 0.00567. The number of aryl methyl sites for hydroxylation is 1. The molecule has 0 unspecified atom stereocenters. The molecule has 3 heterocycles. The topological polar surface area (TPSA) is 130 Å². The third-order valence-electron chi connectivity index (χ3n) is 12.8. The highest BCUT2D eigenvalue weighted by atomic mass is 35.5. The first-order valence-corrected chi connectivity index (χ1v) is 25.2. The van der Waals surface area contributed by atoms with E-state index >= 15 is 0 Å². The molecule has 0 bridgehead atoms. The highest BCUT2D eigenvalue weighted by Crippen LogP contribution is 2.41. The fourth-order valence-electron chi connectivity index (χ4n) is 8.94. The number of hydrogen-bond acceptors (Lipinski definition) is 9. The van der Waals surface area contributed by atoms with Gasteiger partial charge in [0, 0.05) is 109 Å². The Hall–Kier alpha value is -5.51. The quantitative estimate of drug-likeness (QED) is 0.0696. The first-order chi connectivity index (χ1) is 31.7. The number of sulfonamides is 1. The molecule has 0 spiro atoms. The number of benzene rings is 5. The van der Waals surface area contributed by atoms with E-state index in [4.69, 9.17) is 11.6 Å². The van der Waals surface area contributed by atoms with Crippen molar-refractivity contribution in [2.45, 2.75) is 55.0 Å². The van der Waals surface area contributed by atoms with Crippen LogP contribution in [0.25, 0.3) is 22.4 Å². The minimum Gasteiger partial charge on any atom is -0.478 e. The molecule has 0 saturated carbocycles. The molecule has 1 atom stereocenters. The summed E-state index contributed by atoms with van der Waals surface area (Å²) in [4.78, 5) is 21.0. The SMILES string of the molecule is Cc1cc(S(=O)(=O)Nc2ccc(N3CCN(c4cccc(-c5c(C(=O)O)c(C)n(C)c5-c5ccc(Cl)c(F)c5)c4)CC3)cc2)ccc1N[C@H](CCN1CCC(O)CC1)CSc1ccccc1. The van der Waals surface area contributed by atoms with Gasteiger partial charge in [-0.2, -0.15) is 0 Å². The van der Waals surface area contributed by atoms with Gasteiger partial charge < -0.3 is 34.8 Å². The van der Waals surface area contributed by atoms with Crippen molar-refractivity contribution in [3.05, 3.63) is 143 Å². The van der Waals surface area contributed by atoms with Gasteiger partial charge in [0.1, 0.15) is 5.82 Å². The summed E-state index contributed by atoms with van der Waals surface area (Å²) in [7, 11) is -2.09. The number of nitrogens with zero attached hydrogens (tertiary/aromatic N) is 4. The number of aromatic nitrogens is 1. The molecule has 0 aliphatic carbocycles. The van der Waals surface area contributed by atoms with Gasteiger partial charge in [0.05, 0.1) is 27.3 Å². The number of nitrogens with one attached hydrogen (secondary N) is 2. The number of halogens is 2. The van der Waals surface area contributed by atoms with Crippen molar-refractivity contribution >= 4 is 62.1 Å². The van der Waals surface area contributed by atoms with Gasteiger partial charge >= 0.3 is 5.97 Å². The first-order valence-electron chi connectivity index (χ1n) is 22.3. The number of anilines is 4. The van der Waals surface area contributed by atoms with E-state index in [9.17, 15) is 27.8 Å². The van der Waals surface area contributed by atoms with E-state index in [2.05, 4.69) is 36.9 Å². The number of carboxylic acids is 1. The molecule has 2 fully saturated rings. The van der Waals surface area contributed by atoms with Crippen molar-refractivity contribution in [2.75, 3.05) is 71.4 Å². The average Bonchev–Trinajstić information content (AvgIpc) is 3.59. The molecule has 8 rings (SSSR count). The van der Waals surface area contributed by atoms with E-state index in [0.717, 1.165) is 67.3 Å². The number of aromatic carboxylic acids is 1. The number of piperazine rings is 1. The number of thioether (sulfide) groups is 1. The Morgan fingerprint density at radius 1 is 0.833 bits per heavy atom. The first kappa shape index (κ1) is 47.0. The van der Waals surface area contributed by atoms with Crippen molar-refractivity contribution in [1.29, 1.82) is 0 Å². The highest BCUT2D eigenvalue weighted by molar-refractivity contribution is 7.99. The van der Waals surface area contributed by atoms with Crippen LogP contribution in [0, 0.1) is 19.7 Å². The van der Waals surface area contributed by atoms with E-state index < -0.39 is 21.8 Å². The number of hydrogen-bond donors (Lipinski definition) is 4. The molecule has 66 heavy (non-hydrogen) atoms. The fourth-order valence-corrected chi connectivity index (χ4v) is 11.2. The number of aliphatic hydroxyl groups excluding tert-OH is 1. The monoisotopic (exact) mass is 950 g/mol. The number of aliphatic hydroxyl groups is 1. The van der Waals surface area contributed by atoms with Crippen molar-refractivity contribution in [3.8, 4) is 22.4 Å². The lowest BCUT2D eigenvalue weighted by Gasteiger charge is -2.37. The van der Waals surface area contributed by atoms with Crippen molar-refractivity contribution in [3.63, 3.8) is 0 Å². The third-order valence-corrected chi connectivity index (χ3v) is 15.6. The van der Waals surface area contributed by atoms with Crippen LogP contribution in [0.2, 0.25) is 5.02 Å². The van der Waals surface area contributed by atoms with Gasteiger partial charge in [-0.05, 0) is 123 Å². The molecule has 346 valence electrons. The van der Waals surface area contributed by atoms with E-state index in [-0.39, 0.29) is 27.6 Å². The average molecular weight is 952 g/mol. The lowest BCUT2D eigenvalue weighted by molar-refractivity contribution is 0.0696. The predicted molar refractivity (Wildman–Crippen MR) is 267 cm³/mol. The van der Waals surface area contributed by atoms with E-state index in [0.29, 0.717) is 59.9 Å². The second-order valence-corrected chi connectivity index (χ2v) is 20.3. The molecular formula is C51H56ClFN6O5S2. The predicted octanol–water partition coefficient (Wildman–Crippen LogP) is 10.0. The lowest BCUT2D eigenvalue weighted by Crippen LogP contribution is -2.46. The summed E-state index contributed by atoms with van der Waals surface area (Å²) in [5.41, 5.74) is 7.20. The molecule has 4 N–H and O–H groups in total. The smallest absolute Gasteiger partial charge is 0.338 e. The maximum absolute atomic E-state index is 14.7. The van der Waals surface area contributed by atoms with Crippen LogP contribution < -0.4 is 19.8 Å². The summed E-state index contributed by atoms with van der Waals surface area (Å²) >= 11 is 7.80. The van der Waals surface area contributed by atoms with Crippen LogP contribution in [0.1, 0.15) is 40.9 Å². The molecular weight excluding hydrogens is 895 g/mol. The number of rotatable bonds is 16. The standard InChI is InChI=1S/C51H56ClFN6O5S2/c1-34-30-44(17-19-47(34)54-39(33-65-43-10-5-4-6-11-43)20-23-57-24-21-42(60)22-25-57)66(63,64)55-38-13-15-40(16-14-38)58-26-28-59(29-27-58)41-9-7-8-36(31-41)49-48(51(61)62)35(2)56(3)50(49)37-12-18-45(52)46(53)32-37/h4-19,30-32,39,42,54-55,60H,20-29,33H2,1-3H3,(H,61,62)/t39-/m1/s1. The molecule has 1 aromatic heterocycles. The summed E-state index contributed by atoms with van der Waals surface area (Å²) in [6.07, 6.45) is 2.31. The summed E-state index contributed by atoms with van der Waals surface area (Å²) in [6, 6.07) is 35.5. The molecule has 2 aliphatic heterocycles. The Morgan fingerprint density at radius 2 is 1.53 bits per heavy atom. The van der Waals surface area contributed by atoms with Gasteiger partial charge in [0.2, 0.25) is 0 Å². The zero-order valence-corrected chi connectivity index (χ0v) is 39.8. The van der Waals surface area contributed by atoms with Crippen molar-refractivity contribution < 1.29 is 27.8 Å². The second kappa shape index (κ2) is 20.6. The molecule has 0 radical (unpaired) electrons. The molecule has 2 saturated heterocycles. The van der Waals surface area contributed by atoms with Gasteiger partial charge in [-0.1, -0.05) is 48.0 Å². The van der Waals surface area contributed by atoms with Crippen LogP contribution in [0.3, 0.4) is 0 Å². The van der Waals surface area contributed by atoms with E-state index in [1.807, 2.05) is 67.6 Å². The normalized spacial score (nSPS) is 15.5. The van der Waals surface area contributed by atoms with E-state index in [1.165, 1.54) is 17.0 Å². The Bertz CT molecular complexity index is 2780. The van der Waals surface area contributed by atoms with Gasteiger partial charge in [-0.15, -0.1) is 11.8 Å². The van der Waals surface area contributed by atoms with Crippen LogP contribution in [-0.4, -0.2) is 97.8 Å². The Labute approximate surface area is 396 Å². The van der Waals surface area contributed by atoms with Crippen LogP contribution in [0.4, 0.5) is 27.1 Å². The van der Waals surface area contributed by atoms with Gasteiger partial charge in [0.15, 0.2) is 0 Å². The minimum atomic E-state index is -3.87. The van der Waals surface area contributed by atoms with Gasteiger partial charge in [-0.3, -0.25) is 4.72 Å². The molecule has 5 aromatic carbocycles. The molecule has 2 aliphatic rings. The Kier molecular flexibility index (Phi) is 14.6. The van der Waals surface area contributed by atoms with Crippen LogP contribution >= 0.6 is 23.4 Å². The van der Waals surface area contributed by atoms with Crippen LogP contribution in [0.5, 0.6) is 0 Å². The summed E-state index contributed by atoms with van der Waals surface area (Å²) in [5.74, 6) is -0.788. The van der Waals surface area contributed by atoms with Crippen LogP contribution in [-0.2, 0) is 17.1 Å². The number of carbonyl (C=O) groups is 1. The van der Waals surface area contributed by atoms with Crippen molar-refractivity contribution in [1.82, 2.24) is 9.47 Å². The fraction of sp³-hybridized carbons (Fsp3) is 0.314.